The molecular weight excluding hydrogens is 150 g/mol. The Hall–Kier alpha value is -0.120. The molecule has 0 atom stereocenters. The summed E-state index contributed by atoms with van der Waals surface area (Å²) in [6, 6.07) is 0. The van der Waals surface area contributed by atoms with Gasteiger partial charge in [0.25, 0.3) is 0 Å². The molecule has 72 valence electrons. The van der Waals surface area contributed by atoms with Crippen LogP contribution in [0.2, 0.25) is 0 Å². The lowest BCUT2D eigenvalue weighted by Crippen LogP contribution is -2.35. The van der Waals surface area contributed by atoms with Crippen molar-refractivity contribution in [1.29, 1.82) is 0 Å². The van der Waals surface area contributed by atoms with Crippen molar-refractivity contribution in [2.45, 2.75) is 25.7 Å². The normalized spacial score (nSPS) is 25.5. The molecule has 3 nitrogen and oxygen atoms in total. The molecule has 0 spiro atoms. The van der Waals surface area contributed by atoms with Gasteiger partial charge in [-0.2, -0.15) is 0 Å². The summed E-state index contributed by atoms with van der Waals surface area (Å²) in [7, 11) is 2.21. The van der Waals surface area contributed by atoms with Crippen molar-refractivity contribution >= 4 is 0 Å². The molecule has 1 fully saturated rings. The van der Waals surface area contributed by atoms with E-state index < -0.39 is 0 Å². The van der Waals surface area contributed by atoms with Gasteiger partial charge in [0.15, 0.2) is 0 Å². The van der Waals surface area contributed by atoms with Gasteiger partial charge in [0.2, 0.25) is 0 Å². The van der Waals surface area contributed by atoms with Gasteiger partial charge < -0.3 is 4.90 Å². The van der Waals surface area contributed by atoms with Crippen molar-refractivity contribution in [2.24, 2.45) is 5.84 Å². The van der Waals surface area contributed by atoms with Crippen LogP contribution in [0.4, 0.5) is 0 Å². The summed E-state index contributed by atoms with van der Waals surface area (Å²) in [5, 5.41) is 1.96. The van der Waals surface area contributed by atoms with Gasteiger partial charge in [-0.3, -0.25) is 5.84 Å². The van der Waals surface area contributed by atoms with Crippen molar-refractivity contribution < 1.29 is 0 Å². The van der Waals surface area contributed by atoms with E-state index in [0.29, 0.717) is 0 Å². The smallest absolute Gasteiger partial charge is 0.0129 e. The van der Waals surface area contributed by atoms with Crippen molar-refractivity contribution in [3.63, 3.8) is 0 Å². The molecule has 0 aromatic heterocycles. The number of rotatable bonds is 0. The van der Waals surface area contributed by atoms with E-state index in [9.17, 15) is 0 Å². The van der Waals surface area contributed by atoms with Gasteiger partial charge in [-0.05, 0) is 45.8 Å². The minimum Gasteiger partial charge on any atom is -0.306 e. The molecule has 1 aliphatic rings. The van der Waals surface area contributed by atoms with Crippen LogP contribution < -0.4 is 5.84 Å². The van der Waals surface area contributed by atoms with Crippen molar-refractivity contribution in [1.82, 2.24) is 9.91 Å². The quantitative estimate of drug-likeness (QED) is 0.544. The summed E-state index contributed by atoms with van der Waals surface area (Å²) >= 11 is 0. The molecule has 0 aliphatic carbocycles. The van der Waals surface area contributed by atoms with Crippen molar-refractivity contribution in [3.8, 4) is 0 Å². The lowest BCUT2D eigenvalue weighted by molar-refractivity contribution is 0.233. The van der Waals surface area contributed by atoms with Crippen LogP contribution in [0, 0.1) is 0 Å². The average Bonchev–Trinajstić information content (AvgIpc) is 2.06. The minimum absolute atomic E-state index is 1.06. The topological polar surface area (TPSA) is 32.5 Å². The number of nitrogens with zero attached hydrogens (tertiary/aromatic N) is 2. The highest BCUT2D eigenvalue weighted by Gasteiger charge is 2.04. The fraction of sp³-hybridized carbons (Fsp3) is 1.00. The fourth-order valence-electron chi connectivity index (χ4n) is 1.62. The van der Waals surface area contributed by atoms with Gasteiger partial charge in [0, 0.05) is 13.1 Å². The Labute approximate surface area is 75.5 Å². The van der Waals surface area contributed by atoms with E-state index in [1.807, 2.05) is 5.01 Å². The van der Waals surface area contributed by atoms with E-state index in [4.69, 9.17) is 5.84 Å². The predicted molar refractivity (Wildman–Crippen MR) is 51.7 cm³/mol. The van der Waals surface area contributed by atoms with Gasteiger partial charge >= 0.3 is 0 Å². The standard InChI is InChI=1S/C9H21N3/c1-11-6-2-4-8-12(10)9-5-3-7-11/h2-10H2,1H3. The Balaban J connectivity index is 2.20. The zero-order valence-corrected chi connectivity index (χ0v) is 8.13. The lowest BCUT2D eigenvalue weighted by atomic mass is 10.2. The van der Waals surface area contributed by atoms with Gasteiger partial charge in [0.1, 0.15) is 0 Å². The minimum atomic E-state index is 1.06. The Kier molecular flexibility index (Phi) is 4.58. The van der Waals surface area contributed by atoms with E-state index in [-0.39, 0.29) is 0 Å². The molecule has 0 unspecified atom stereocenters. The van der Waals surface area contributed by atoms with Crippen LogP contribution in [0.25, 0.3) is 0 Å². The molecule has 0 bridgehead atoms. The maximum Gasteiger partial charge on any atom is 0.0129 e. The predicted octanol–water partition coefficient (Wildman–Crippen LogP) is 0.668. The molecule has 12 heavy (non-hydrogen) atoms. The third-order valence-corrected chi connectivity index (χ3v) is 2.47. The highest BCUT2D eigenvalue weighted by Crippen LogP contribution is 2.01. The Morgan fingerprint density at radius 3 is 1.75 bits per heavy atom. The Morgan fingerprint density at radius 2 is 1.25 bits per heavy atom. The van der Waals surface area contributed by atoms with Crippen LogP contribution in [0.1, 0.15) is 25.7 Å². The van der Waals surface area contributed by atoms with Crippen LogP contribution in [0.15, 0.2) is 0 Å². The number of hydrogen-bond acceptors (Lipinski definition) is 3. The van der Waals surface area contributed by atoms with E-state index in [1.54, 1.807) is 0 Å². The maximum absolute atomic E-state index is 5.78. The summed E-state index contributed by atoms with van der Waals surface area (Å²) in [5.74, 6) is 5.78. The van der Waals surface area contributed by atoms with Gasteiger partial charge in [0.05, 0.1) is 0 Å². The molecule has 2 N–H and O–H groups in total. The lowest BCUT2D eigenvalue weighted by Gasteiger charge is -2.22. The molecular formula is C9H21N3. The first-order valence-electron chi connectivity index (χ1n) is 4.97. The molecule has 1 aliphatic heterocycles. The first kappa shape index (κ1) is 9.96. The molecule has 1 rings (SSSR count). The van der Waals surface area contributed by atoms with Gasteiger partial charge in [-0.15, -0.1) is 0 Å². The van der Waals surface area contributed by atoms with Crippen molar-refractivity contribution in [2.75, 3.05) is 33.2 Å². The molecule has 1 saturated heterocycles. The SMILES string of the molecule is CN1CCCCN(N)CCCC1. The molecule has 0 amide bonds. The Morgan fingerprint density at radius 1 is 0.833 bits per heavy atom. The first-order chi connectivity index (χ1) is 5.79. The largest absolute Gasteiger partial charge is 0.306 e. The van der Waals surface area contributed by atoms with Crippen LogP contribution in [0.3, 0.4) is 0 Å². The third-order valence-electron chi connectivity index (χ3n) is 2.47. The van der Waals surface area contributed by atoms with Gasteiger partial charge in [-0.1, -0.05) is 0 Å². The monoisotopic (exact) mass is 171 g/mol. The highest BCUT2D eigenvalue weighted by atomic mass is 15.4. The van der Waals surface area contributed by atoms with E-state index in [1.165, 1.54) is 38.8 Å². The molecule has 1 heterocycles. The second-order valence-electron chi connectivity index (χ2n) is 3.75. The number of nitrogens with two attached hydrogens (primary N) is 1. The second-order valence-corrected chi connectivity index (χ2v) is 3.75. The fourth-order valence-corrected chi connectivity index (χ4v) is 1.62. The van der Waals surface area contributed by atoms with Crippen molar-refractivity contribution in [3.05, 3.63) is 0 Å². The summed E-state index contributed by atoms with van der Waals surface area (Å²) in [6.45, 7) is 4.59. The second kappa shape index (κ2) is 5.51. The summed E-state index contributed by atoms with van der Waals surface area (Å²) in [5.41, 5.74) is 0. The molecule has 0 radical (unpaired) electrons. The highest BCUT2D eigenvalue weighted by molar-refractivity contribution is 4.58. The summed E-state index contributed by atoms with van der Waals surface area (Å²) in [4.78, 5) is 2.42. The summed E-state index contributed by atoms with van der Waals surface area (Å²) in [6.07, 6.45) is 5.04. The Bertz CT molecular complexity index is 90.3. The van der Waals surface area contributed by atoms with Crippen LogP contribution in [-0.4, -0.2) is 43.1 Å². The zero-order valence-electron chi connectivity index (χ0n) is 8.13. The molecule has 0 aromatic rings. The third kappa shape index (κ3) is 4.04. The van der Waals surface area contributed by atoms with E-state index >= 15 is 0 Å². The van der Waals surface area contributed by atoms with Crippen LogP contribution in [0.5, 0.6) is 0 Å². The molecule has 0 aromatic carbocycles. The summed E-state index contributed by atoms with van der Waals surface area (Å²) < 4.78 is 0. The van der Waals surface area contributed by atoms with Gasteiger partial charge in [-0.25, -0.2) is 5.01 Å². The average molecular weight is 171 g/mol. The molecule has 0 saturated carbocycles. The zero-order chi connectivity index (χ0) is 8.81. The van der Waals surface area contributed by atoms with Crippen LogP contribution >= 0.6 is 0 Å². The number of hydrazine groups is 1. The first-order valence-corrected chi connectivity index (χ1v) is 4.97. The maximum atomic E-state index is 5.78. The van der Waals surface area contributed by atoms with E-state index in [0.717, 1.165) is 13.1 Å². The molecule has 3 heteroatoms. The van der Waals surface area contributed by atoms with E-state index in [2.05, 4.69) is 11.9 Å². The number of hydrogen-bond donors (Lipinski definition) is 1. The van der Waals surface area contributed by atoms with Crippen LogP contribution in [-0.2, 0) is 0 Å².